The number of nitrogens with two attached hydrogens (primary N) is 1. The van der Waals surface area contributed by atoms with Crippen molar-refractivity contribution in [3.63, 3.8) is 0 Å². The van der Waals surface area contributed by atoms with Crippen molar-refractivity contribution in [2.24, 2.45) is 5.14 Å². The van der Waals surface area contributed by atoms with Gasteiger partial charge in [0.1, 0.15) is 4.75 Å². The maximum atomic E-state index is 11.9. The van der Waals surface area contributed by atoms with Crippen molar-refractivity contribution < 1.29 is 16.8 Å². The summed E-state index contributed by atoms with van der Waals surface area (Å²) in [6.45, 7) is 8.04. The van der Waals surface area contributed by atoms with E-state index in [1.165, 1.54) is 18.4 Å². The molecule has 0 radical (unpaired) electrons. The van der Waals surface area contributed by atoms with Crippen LogP contribution in [0.5, 0.6) is 0 Å². The molecule has 10 heteroatoms. The highest BCUT2D eigenvalue weighted by atomic mass is 32.2. The first-order valence-corrected chi connectivity index (χ1v) is 9.22. The van der Waals surface area contributed by atoms with Gasteiger partial charge in [0.05, 0.1) is 0 Å². The summed E-state index contributed by atoms with van der Waals surface area (Å²) in [6.07, 6.45) is 1.06. The van der Waals surface area contributed by atoms with E-state index in [9.17, 15) is 16.8 Å². The topological polar surface area (TPSA) is 125 Å². The Hall–Kier alpha value is -1.00. The Labute approximate surface area is 119 Å². The van der Waals surface area contributed by atoms with Gasteiger partial charge in [0.15, 0.2) is 15.7 Å². The van der Waals surface area contributed by atoms with Gasteiger partial charge in [0, 0.05) is 11.8 Å². The van der Waals surface area contributed by atoms with Crippen molar-refractivity contribution in [3.05, 3.63) is 5.82 Å². The van der Waals surface area contributed by atoms with Crippen LogP contribution >= 0.6 is 0 Å². The lowest BCUT2D eigenvalue weighted by Crippen LogP contribution is -2.37. The van der Waals surface area contributed by atoms with E-state index in [1.54, 1.807) is 20.8 Å². The average Bonchev–Trinajstić information content (AvgIpc) is 2.57. The van der Waals surface area contributed by atoms with Crippen LogP contribution in [0.15, 0.2) is 5.16 Å². The van der Waals surface area contributed by atoms with Gasteiger partial charge in [-0.15, -0.1) is 10.2 Å². The quantitative estimate of drug-likeness (QED) is 0.831. The number of sulfonamides is 1. The fraction of sp³-hybridized carbons (Fsp3) is 0.800. The molecule has 0 unspecified atom stereocenters. The highest BCUT2D eigenvalue weighted by molar-refractivity contribution is 7.91. The Balaban J connectivity index is 3.82. The van der Waals surface area contributed by atoms with E-state index in [4.69, 9.17) is 5.14 Å². The van der Waals surface area contributed by atoms with E-state index in [2.05, 4.69) is 10.2 Å². The first kappa shape index (κ1) is 17.1. The molecule has 0 amide bonds. The van der Waals surface area contributed by atoms with Crippen molar-refractivity contribution in [2.75, 3.05) is 6.26 Å². The van der Waals surface area contributed by atoms with Crippen molar-refractivity contribution in [2.45, 2.75) is 50.1 Å². The molecule has 0 aliphatic heterocycles. The van der Waals surface area contributed by atoms with Crippen LogP contribution in [0, 0.1) is 0 Å². The number of hydrogen-bond donors (Lipinski definition) is 1. The molecule has 0 aliphatic carbocycles. The SMILES string of the molecule is CC(C)(C)n1c(C(C)(C)S(C)(=O)=O)nnc1S(N)(=O)=O. The number of primary sulfonamides is 1. The molecular weight excluding hydrogens is 304 g/mol. The summed E-state index contributed by atoms with van der Waals surface area (Å²) in [5.41, 5.74) is -0.747. The molecule has 0 saturated carbocycles. The molecule has 0 saturated heterocycles. The third kappa shape index (κ3) is 2.86. The molecule has 0 bridgehead atoms. The van der Waals surface area contributed by atoms with Gasteiger partial charge < -0.3 is 0 Å². The van der Waals surface area contributed by atoms with E-state index in [0.717, 1.165) is 6.26 Å². The summed E-state index contributed by atoms with van der Waals surface area (Å²) in [5, 5.41) is 12.0. The van der Waals surface area contributed by atoms with Gasteiger partial charge in [-0.3, -0.25) is 4.57 Å². The zero-order chi connectivity index (χ0) is 16.1. The summed E-state index contributed by atoms with van der Waals surface area (Å²) >= 11 is 0. The van der Waals surface area contributed by atoms with Crippen LogP contribution < -0.4 is 5.14 Å². The van der Waals surface area contributed by atoms with Gasteiger partial charge in [-0.2, -0.15) is 0 Å². The van der Waals surface area contributed by atoms with Crippen molar-refractivity contribution in [1.82, 2.24) is 14.8 Å². The van der Waals surface area contributed by atoms with Gasteiger partial charge in [0.25, 0.3) is 15.2 Å². The maximum absolute atomic E-state index is 11.9. The molecule has 1 heterocycles. The third-order valence-electron chi connectivity index (χ3n) is 3.02. The van der Waals surface area contributed by atoms with E-state index >= 15 is 0 Å². The van der Waals surface area contributed by atoms with Crippen LogP contribution in [0.4, 0.5) is 0 Å². The molecule has 1 rings (SSSR count). The van der Waals surface area contributed by atoms with Crippen LogP contribution in [-0.4, -0.2) is 37.9 Å². The molecule has 0 aliphatic rings. The van der Waals surface area contributed by atoms with Crippen molar-refractivity contribution >= 4 is 19.9 Å². The number of aromatic nitrogens is 3. The molecule has 1 aromatic rings. The molecular formula is C10H20N4O4S2. The van der Waals surface area contributed by atoms with E-state index in [-0.39, 0.29) is 5.82 Å². The molecule has 1 aromatic heterocycles. The highest BCUT2D eigenvalue weighted by Crippen LogP contribution is 2.32. The minimum atomic E-state index is -4.11. The lowest BCUT2D eigenvalue weighted by molar-refractivity contribution is 0.339. The smallest absolute Gasteiger partial charge is 0.273 e. The molecule has 0 aromatic carbocycles. The summed E-state index contributed by atoms with van der Waals surface area (Å²) < 4.78 is 46.9. The minimum absolute atomic E-state index is 0.0384. The Kier molecular flexibility index (Phi) is 3.84. The monoisotopic (exact) mass is 324 g/mol. The maximum Gasteiger partial charge on any atom is 0.273 e. The van der Waals surface area contributed by atoms with Crippen LogP contribution in [-0.2, 0) is 30.1 Å². The van der Waals surface area contributed by atoms with Crippen LogP contribution in [0.25, 0.3) is 0 Å². The second-order valence-electron chi connectivity index (χ2n) is 6.14. The molecule has 0 fully saturated rings. The Morgan fingerprint density at radius 1 is 1.00 bits per heavy atom. The Bertz CT molecular complexity index is 724. The molecule has 0 atom stereocenters. The molecule has 8 nitrogen and oxygen atoms in total. The van der Waals surface area contributed by atoms with Crippen molar-refractivity contribution in [1.29, 1.82) is 0 Å². The zero-order valence-corrected chi connectivity index (χ0v) is 14.0. The number of sulfone groups is 1. The number of nitrogens with zero attached hydrogens (tertiary/aromatic N) is 3. The first-order chi connectivity index (χ1) is 8.60. The molecule has 0 spiro atoms. The predicted octanol–water partition coefficient (Wildman–Crippen LogP) is -0.0398. The third-order valence-corrected chi connectivity index (χ3v) is 5.83. The van der Waals surface area contributed by atoms with E-state index in [0.29, 0.717) is 0 Å². The van der Waals surface area contributed by atoms with Gasteiger partial charge in [-0.1, -0.05) is 0 Å². The fourth-order valence-electron chi connectivity index (χ4n) is 1.61. The molecule has 20 heavy (non-hydrogen) atoms. The summed E-state index contributed by atoms with van der Waals surface area (Å²) in [7, 11) is -7.64. The number of hydrogen-bond acceptors (Lipinski definition) is 6. The van der Waals surface area contributed by atoms with Crippen LogP contribution in [0.2, 0.25) is 0 Å². The number of rotatable bonds is 3. The Morgan fingerprint density at radius 3 is 1.75 bits per heavy atom. The van der Waals surface area contributed by atoms with Gasteiger partial charge in [-0.25, -0.2) is 22.0 Å². The summed E-state index contributed by atoms with van der Waals surface area (Å²) in [6, 6.07) is 0. The fourth-order valence-corrected chi connectivity index (χ4v) is 2.85. The normalized spacial score (nSPS) is 14.6. The van der Waals surface area contributed by atoms with Crippen molar-refractivity contribution in [3.8, 4) is 0 Å². The van der Waals surface area contributed by atoms with Gasteiger partial charge in [0.2, 0.25) is 0 Å². The average molecular weight is 324 g/mol. The first-order valence-electron chi connectivity index (χ1n) is 5.79. The summed E-state index contributed by atoms with van der Waals surface area (Å²) in [4.78, 5) is 0. The van der Waals surface area contributed by atoms with Gasteiger partial charge in [-0.05, 0) is 34.6 Å². The summed E-state index contributed by atoms with van der Waals surface area (Å²) in [5.74, 6) is 0.0384. The highest BCUT2D eigenvalue weighted by Gasteiger charge is 2.42. The molecule has 116 valence electrons. The minimum Gasteiger partial charge on any atom is -0.294 e. The predicted molar refractivity (Wildman–Crippen MR) is 74.3 cm³/mol. The lowest BCUT2D eigenvalue weighted by Gasteiger charge is -2.29. The standard InChI is InChI=1S/C10H20N4O4S2/c1-9(2,3)14-7(10(4,5)19(6,15)16)12-13-8(14)20(11,17)18/h1-6H3,(H2,11,17,18). The second-order valence-corrected chi connectivity index (χ2v) is 10.2. The second kappa shape index (κ2) is 4.50. The largest absolute Gasteiger partial charge is 0.294 e. The van der Waals surface area contributed by atoms with E-state index in [1.807, 2.05) is 0 Å². The van der Waals surface area contributed by atoms with Crippen LogP contribution in [0.1, 0.15) is 40.4 Å². The van der Waals surface area contributed by atoms with E-state index < -0.39 is 35.3 Å². The lowest BCUT2D eigenvalue weighted by atomic mass is 10.1. The van der Waals surface area contributed by atoms with Gasteiger partial charge >= 0.3 is 0 Å². The zero-order valence-electron chi connectivity index (χ0n) is 12.4. The van der Waals surface area contributed by atoms with Crippen LogP contribution in [0.3, 0.4) is 0 Å². The molecule has 2 N–H and O–H groups in total. The Morgan fingerprint density at radius 2 is 1.45 bits per heavy atom.